The maximum absolute atomic E-state index is 11.6. The second-order valence-electron chi connectivity index (χ2n) is 3.95. The lowest BCUT2D eigenvalue weighted by molar-refractivity contribution is 0.0942. The minimum atomic E-state index is -0.0399. The van der Waals surface area contributed by atoms with E-state index in [1.54, 1.807) is 6.20 Å². The maximum Gasteiger partial charge on any atom is 0.269 e. The summed E-state index contributed by atoms with van der Waals surface area (Å²) < 4.78 is 0. The Kier molecular flexibility index (Phi) is 1.61. The number of piperidine rings is 1. The Hall–Kier alpha value is -1.36. The fourth-order valence-corrected chi connectivity index (χ4v) is 2.24. The Bertz CT molecular complexity index is 338. The molecule has 14 heavy (non-hydrogen) atoms. The zero-order valence-corrected chi connectivity index (χ0v) is 7.66. The highest BCUT2D eigenvalue weighted by Crippen LogP contribution is 2.41. The van der Waals surface area contributed by atoms with Gasteiger partial charge in [0.15, 0.2) is 0 Å². The Morgan fingerprint density at radius 3 is 2.93 bits per heavy atom. The number of H-pyrrole nitrogens is 1. The number of nitrogens with zero attached hydrogens (tertiary/aromatic N) is 1. The Morgan fingerprint density at radius 1 is 1.50 bits per heavy atom. The van der Waals surface area contributed by atoms with Crippen LogP contribution in [0, 0.1) is 11.8 Å². The van der Waals surface area contributed by atoms with Crippen molar-refractivity contribution in [2.24, 2.45) is 11.8 Å². The summed E-state index contributed by atoms with van der Waals surface area (Å²) in [5.74, 6) is 1.27. The van der Waals surface area contributed by atoms with Crippen LogP contribution in [0.15, 0.2) is 12.5 Å². The lowest BCUT2D eigenvalue weighted by atomic mass is 10.4. The van der Waals surface area contributed by atoms with E-state index in [2.05, 4.69) is 20.6 Å². The third-order valence-corrected chi connectivity index (χ3v) is 3.13. The van der Waals surface area contributed by atoms with Crippen molar-refractivity contribution in [2.75, 3.05) is 13.1 Å². The zero-order valence-electron chi connectivity index (χ0n) is 7.66. The molecule has 2 heterocycles. The molecule has 5 heteroatoms. The van der Waals surface area contributed by atoms with Crippen LogP contribution in [0.5, 0.6) is 0 Å². The predicted octanol–water partition coefficient (Wildman–Crippen LogP) is -0.643. The van der Waals surface area contributed by atoms with Crippen LogP contribution in [0.4, 0.5) is 0 Å². The van der Waals surface area contributed by atoms with E-state index in [0.717, 1.165) is 13.1 Å². The van der Waals surface area contributed by atoms with Gasteiger partial charge in [-0.2, -0.15) is 0 Å². The summed E-state index contributed by atoms with van der Waals surface area (Å²) in [6, 6.07) is 0.382. The zero-order chi connectivity index (χ0) is 9.54. The van der Waals surface area contributed by atoms with Gasteiger partial charge in [-0.05, 0) is 11.8 Å². The van der Waals surface area contributed by atoms with Gasteiger partial charge in [0.2, 0.25) is 0 Å². The van der Waals surface area contributed by atoms with E-state index in [4.69, 9.17) is 0 Å². The number of imidazole rings is 1. The molecule has 2 unspecified atom stereocenters. The number of aromatic nitrogens is 2. The van der Waals surface area contributed by atoms with Crippen LogP contribution in [0.1, 0.15) is 10.5 Å². The standard InChI is InChI=1S/C9H12N4O/c14-9(7-3-11-4-12-7)13-8-5-1-10-2-6(5)8/h3-6,8,10H,1-2H2,(H,11,12)(H,13,14). The van der Waals surface area contributed by atoms with Gasteiger partial charge in [-0.15, -0.1) is 0 Å². The van der Waals surface area contributed by atoms with E-state index < -0.39 is 0 Å². The molecule has 2 atom stereocenters. The van der Waals surface area contributed by atoms with Crippen molar-refractivity contribution in [3.8, 4) is 0 Å². The molecule has 1 saturated carbocycles. The van der Waals surface area contributed by atoms with Gasteiger partial charge >= 0.3 is 0 Å². The number of carbonyl (C=O) groups excluding carboxylic acids is 1. The molecule has 5 nitrogen and oxygen atoms in total. The summed E-state index contributed by atoms with van der Waals surface area (Å²) >= 11 is 0. The van der Waals surface area contributed by atoms with Gasteiger partial charge in [0.1, 0.15) is 5.69 Å². The molecule has 74 valence electrons. The second-order valence-corrected chi connectivity index (χ2v) is 3.95. The number of nitrogens with one attached hydrogen (secondary N) is 3. The van der Waals surface area contributed by atoms with Crippen molar-refractivity contribution in [3.05, 3.63) is 18.2 Å². The lowest BCUT2D eigenvalue weighted by Gasteiger charge is -2.05. The molecule has 2 aliphatic rings. The van der Waals surface area contributed by atoms with Gasteiger partial charge in [-0.3, -0.25) is 4.79 Å². The SMILES string of the molecule is O=C(NC1C2CNCC21)c1cnc[nH]1. The molecule has 1 aliphatic heterocycles. The first kappa shape index (κ1) is 7.99. The molecule has 1 aromatic rings. The highest BCUT2D eigenvalue weighted by molar-refractivity contribution is 5.92. The van der Waals surface area contributed by atoms with E-state index >= 15 is 0 Å². The first-order chi connectivity index (χ1) is 6.86. The summed E-state index contributed by atoms with van der Waals surface area (Å²) in [6.07, 6.45) is 3.07. The van der Waals surface area contributed by atoms with Gasteiger partial charge < -0.3 is 15.6 Å². The van der Waals surface area contributed by atoms with Crippen LogP contribution in [0.2, 0.25) is 0 Å². The normalized spacial score (nSPS) is 33.9. The van der Waals surface area contributed by atoms with Crippen molar-refractivity contribution >= 4 is 5.91 Å². The van der Waals surface area contributed by atoms with Crippen molar-refractivity contribution in [1.82, 2.24) is 20.6 Å². The van der Waals surface area contributed by atoms with Crippen molar-refractivity contribution in [2.45, 2.75) is 6.04 Å². The van der Waals surface area contributed by atoms with E-state index in [0.29, 0.717) is 23.6 Å². The summed E-state index contributed by atoms with van der Waals surface area (Å²) in [7, 11) is 0. The Morgan fingerprint density at radius 2 is 2.29 bits per heavy atom. The van der Waals surface area contributed by atoms with Gasteiger partial charge in [-0.1, -0.05) is 0 Å². The molecular weight excluding hydrogens is 180 g/mol. The predicted molar refractivity (Wildman–Crippen MR) is 49.7 cm³/mol. The molecule has 3 rings (SSSR count). The number of hydrogen-bond donors (Lipinski definition) is 3. The minimum Gasteiger partial charge on any atom is -0.347 e. The average molecular weight is 192 g/mol. The molecule has 1 aliphatic carbocycles. The quantitative estimate of drug-likeness (QED) is 0.583. The van der Waals surface area contributed by atoms with Crippen LogP contribution >= 0.6 is 0 Å². The van der Waals surface area contributed by atoms with Crippen LogP contribution in [0.3, 0.4) is 0 Å². The van der Waals surface area contributed by atoms with E-state index in [1.165, 1.54) is 6.33 Å². The van der Waals surface area contributed by atoms with Gasteiger partial charge in [0.25, 0.3) is 5.91 Å². The van der Waals surface area contributed by atoms with Gasteiger partial charge in [0, 0.05) is 19.1 Å². The van der Waals surface area contributed by atoms with E-state index in [1.807, 2.05) is 0 Å². The Balaban J connectivity index is 1.61. The first-order valence-electron chi connectivity index (χ1n) is 4.86. The highest BCUT2D eigenvalue weighted by Gasteiger charge is 2.53. The third kappa shape index (κ3) is 1.13. The minimum absolute atomic E-state index is 0.0399. The summed E-state index contributed by atoms with van der Waals surface area (Å²) in [6.45, 7) is 2.08. The number of hydrogen-bond acceptors (Lipinski definition) is 3. The fourth-order valence-electron chi connectivity index (χ4n) is 2.24. The number of carbonyl (C=O) groups is 1. The van der Waals surface area contributed by atoms with Crippen LogP contribution in [-0.4, -0.2) is 35.0 Å². The maximum atomic E-state index is 11.6. The third-order valence-electron chi connectivity index (χ3n) is 3.13. The van der Waals surface area contributed by atoms with Crippen LogP contribution in [0.25, 0.3) is 0 Å². The summed E-state index contributed by atoms with van der Waals surface area (Å²) in [4.78, 5) is 18.2. The lowest BCUT2D eigenvalue weighted by Crippen LogP contribution is -2.32. The molecule has 1 aromatic heterocycles. The van der Waals surface area contributed by atoms with Crippen molar-refractivity contribution in [3.63, 3.8) is 0 Å². The molecular formula is C9H12N4O. The molecule has 0 spiro atoms. The van der Waals surface area contributed by atoms with Gasteiger partial charge in [-0.25, -0.2) is 4.98 Å². The molecule has 3 N–H and O–H groups in total. The molecule has 1 saturated heterocycles. The average Bonchev–Trinajstić information content (AvgIpc) is 2.75. The largest absolute Gasteiger partial charge is 0.347 e. The first-order valence-corrected chi connectivity index (χ1v) is 4.86. The van der Waals surface area contributed by atoms with Gasteiger partial charge in [0.05, 0.1) is 12.5 Å². The van der Waals surface area contributed by atoms with Crippen molar-refractivity contribution < 1.29 is 4.79 Å². The molecule has 2 fully saturated rings. The smallest absolute Gasteiger partial charge is 0.269 e. The number of aromatic amines is 1. The monoisotopic (exact) mass is 192 g/mol. The Labute approximate surface area is 81.3 Å². The summed E-state index contributed by atoms with van der Waals surface area (Å²) in [5.41, 5.74) is 0.544. The number of fused-ring (bicyclic) bond motifs is 1. The van der Waals surface area contributed by atoms with E-state index in [-0.39, 0.29) is 5.91 Å². The molecule has 1 amide bonds. The van der Waals surface area contributed by atoms with E-state index in [9.17, 15) is 4.79 Å². The molecule has 0 radical (unpaired) electrons. The number of amides is 1. The highest BCUT2D eigenvalue weighted by atomic mass is 16.2. The topological polar surface area (TPSA) is 69.8 Å². The fraction of sp³-hybridized carbons (Fsp3) is 0.556. The molecule has 0 bridgehead atoms. The second kappa shape index (κ2) is 2.81. The van der Waals surface area contributed by atoms with Crippen LogP contribution < -0.4 is 10.6 Å². The van der Waals surface area contributed by atoms with Crippen molar-refractivity contribution in [1.29, 1.82) is 0 Å². The molecule has 0 aromatic carbocycles. The summed E-state index contributed by atoms with van der Waals surface area (Å²) in [5, 5.41) is 6.30. The number of rotatable bonds is 2. The van der Waals surface area contributed by atoms with Crippen LogP contribution in [-0.2, 0) is 0 Å².